The minimum atomic E-state index is -0.0500. The first kappa shape index (κ1) is 16.5. The summed E-state index contributed by atoms with van der Waals surface area (Å²) >= 11 is 0. The van der Waals surface area contributed by atoms with E-state index in [4.69, 9.17) is 0 Å². The highest BCUT2D eigenvalue weighted by atomic mass is 16.1. The maximum absolute atomic E-state index is 12.7. The van der Waals surface area contributed by atoms with Crippen molar-refractivity contribution in [3.63, 3.8) is 0 Å². The van der Waals surface area contributed by atoms with Crippen molar-refractivity contribution in [2.24, 2.45) is 5.10 Å². The fourth-order valence-corrected chi connectivity index (χ4v) is 3.54. The van der Waals surface area contributed by atoms with E-state index in [0.29, 0.717) is 23.4 Å². The minimum absolute atomic E-state index is 0.0500. The van der Waals surface area contributed by atoms with Crippen LogP contribution in [0.15, 0.2) is 52.4 Å². The molecule has 1 aromatic heterocycles. The molecule has 26 heavy (non-hydrogen) atoms. The van der Waals surface area contributed by atoms with E-state index < -0.39 is 0 Å². The van der Waals surface area contributed by atoms with Gasteiger partial charge >= 0.3 is 0 Å². The van der Waals surface area contributed by atoms with E-state index in [9.17, 15) is 4.79 Å². The van der Waals surface area contributed by atoms with Gasteiger partial charge in [-0.25, -0.2) is 10.4 Å². The number of hydrogen-bond donors (Lipinski definition) is 1. The molecule has 1 heterocycles. The number of aromatic nitrogens is 2. The SMILES string of the molecule is CCn1c(NN=C(C)c2ccc3c(c2)CCC3)nc2ccccc2c1=O. The Labute approximate surface area is 152 Å². The number of nitrogens with zero attached hydrogens (tertiary/aromatic N) is 3. The molecule has 0 bridgehead atoms. The van der Waals surface area contributed by atoms with Crippen molar-refractivity contribution >= 4 is 22.6 Å². The van der Waals surface area contributed by atoms with Gasteiger partial charge in [-0.2, -0.15) is 5.10 Å². The number of para-hydroxylation sites is 1. The average Bonchev–Trinajstić information content (AvgIpc) is 3.14. The van der Waals surface area contributed by atoms with Crippen LogP contribution in [0.5, 0.6) is 0 Å². The molecule has 0 unspecified atom stereocenters. The van der Waals surface area contributed by atoms with E-state index in [0.717, 1.165) is 17.7 Å². The van der Waals surface area contributed by atoms with Crippen LogP contribution >= 0.6 is 0 Å². The highest BCUT2D eigenvalue weighted by molar-refractivity contribution is 5.99. The third-order valence-electron chi connectivity index (χ3n) is 5.02. The fraction of sp³-hybridized carbons (Fsp3) is 0.286. The molecule has 1 N–H and O–H groups in total. The molecule has 132 valence electrons. The number of aryl methyl sites for hydroxylation is 2. The number of rotatable bonds is 4. The number of anilines is 1. The quantitative estimate of drug-likeness (QED) is 0.578. The summed E-state index contributed by atoms with van der Waals surface area (Å²) in [5, 5.41) is 5.12. The van der Waals surface area contributed by atoms with Gasteiger partial charge in [-0.15, -0.1) is 0 Å². The normalized spacial score (nSPS) is 13.8. The van der Waals surface area contributed by atoms with Gasteiger partial charge in [0.25, 0.3) is 5.56 Å². The zero-order chi connectivity index (χ0) is 18.1. The number of benzene rings is 2. The molecule has 4 rings (SSSR count). The molecular formula is C21H22N4O. The Morgan fingerprint density at radius 1 is 1.19 bits per heavy atom. The predicted molar refractivity (Wildman–Crippen MR) is 106 cm³/mol. The molecule has 0 amide bonds. The lowest BCUT2D eigenvalue weighted by Crippen LogP contribution is -2.23. The smallest absolute Gasteiger partial charge is 0.262 e. The lowest BCUT2D eigenvalue weighted by molar-refractivity contribution is 0.724. The largest absolute Gasteiger partial charge is 0.277 e. The topological polar surface area (TPSA) is 59.3 Å². The van der Waals surface area contributed by atoms with Crippen LogP contribution < -0.4 is 11.0 Å². The van der Waals surface area contributed by atoms with Crippen molar-refractivity contribution in [1.82, 2.24) is 9.55 Å². The predicted octanol–water partition coefficient (Wildman–Crippen LogP) is 3.74. The monoisotopic (exact) mass is 346 g/mol. The summed E-state index contributed by atoms with van der Waals surface area (Å²) in [5.41, 5.74) is 8.48. The first-order chi connectivity index (χ1) is 12.7. The number of hydrazone groups is 1. The summed E-state index contributed by atoms with van der Waals surface area (Å²) in [6.45, 7) is 4.44. The number of nitrogens with one attached hydrogen (secondary N) is 1. The van der Waals surface area contributed by atoms with Gasteiger partial charge in [-0.1, -0.05) is 24.3 Å². The van der Waals surface area contributed by atoms with Crippen LogP contribution in [0.1, 0.15) is 37.0 Å². The maximum atomic E-state index is 12.7. The zero-order valence-corrected chi connectivity index (χ0v) is 15.1. The Morgan fingerprint density at radius 3 is 2.85 bits per heavy atom. The molecule has 0 saturated heterocycles. The summed E-state index contributed by atoms with van der Waals surface area (Å²) in [7, 11) is 0. The van der Waals surface area contributed by atoms with Gasteiger partial charge in [0.1, 0.15) is 0 Å². The fourth-order valence-electron chi connectivity index (χ4n) is 3.54. The van der Waals surface area contributed by atoms with Crippen LogP contribution in [0.4, 0.5) is 5.95 Å². The van der Waals surface area contributed by atoms with Crippen LogP contribution in [-0.4, -0.2) is 15.3 Å². The number of hydrogen-bond acceptors (Lipinski definition) is 4. The van der Waals surface area contributed by atoms with Crippen molar-refractivity contribution in [3.8, 4) is 0 Å². The van der Waals surface area contributed by atoms with Crippen molar-refractivity contribution < 1.29 is 0 Å². The Bertz CT molecular complexity index is 1070. The van der Waals surface area contributed by atoms with Crippen LogP contribution in [0.3, 0.4) is 0 Å². The third-order valence-corrected chi connectivity index (χ3v) is 5.02. The zero-order valence-electron chi connectivity index (χ0n) is 15.1. The van der Waals surface area contributed by atoms with E-state index in [1.165, 1.54) is 24.0 Å². The molecule has 0 aliphatic heterocycles. The Morgan fingerprint density at radius 2 is 2.00 bits per heavy atom. The van der Waals surface area contributed by atoms with Crippen LogP contribution in [0.25, 0.3) is 10.9 Å². The van der Waals surface area contributed by atoms with E-state index in [1.54, 1.807) is 10.6 Å². The Balaban J connectivity index is 1.68. The highest BCUT2D eigenvalue weighted by Gasteiger charge is 2.12. The second kappa shape index (κ2) is 6.75. The molecule has 0 saturated carbocycles. The Kier molecular flexibility index (Phi) is 4.29. The van der Waals surface area contributed by atoms with Crippen molar-refractivity contribution in [1.29, 1.82) is 0 Å². The van der Waals surface area contributed by atoms with Gasteiger partial charge in [-0.3, -0.25) is 9.36 Å². The highest BCUT2D eigenvalue weighted by Crippen LogP contribution is 2.23. The second-order valence-corrected chi connectivity index (χ2v) is 6.65. The maximum Gasteiger partial charge on any atom is 0.262 e. The van der Waals surface area contributed by atoms with Crippen LogP contribution in [0, 0.1) is 0 Å². The van der Waals surface area contributed by atoms with Crippen molar-refractivity contribution in [2.45, 2.75) is 39.7 Å². The van der Waals surface area contributed by atoms with Gasteiger partial charge < -0.3 is 0 Å². The average molecular weight is 346 g/mol. The molecule has 2 aromatic carbocycles. The molecule has 3 aromatic rings. The summed E-state index contributed by atoms with van der Waals surface area (Å²) in [4.78, 5) is 17.2. The summed E-state index contributed by atoms with van der Waals surface area (Å²) in [6, 6.07) is 13.9. The minimum Gasteiger partial charge on any atom is -0.277 e. The van der Waals surface area contributed by atoms with Gasteiger partial charge in [0.2, 0.25) is 5.95 Å². The molecule has 5 heteroatoms. The Hall–Kier alpha value is -2.95. The van der Waals surface area contributed by atoms with Crippen molar-refractivity contribution in [3.05, 3.63) is 69.5 Å². The van der Waals surface area contributed by atoms with Gasteiger partial charge in [0, 0.05) is 6.54 Å². The van der Waals surface area contributed by atoms with E-state index in [-0.39, 0.29) is 5.56 Å². The molecule has 0 atom stereocenters. The lowest BCUT2D eigenvalue weighted by atomic mass is 10.0. The molecular weight excluding hydrogens is 324 g/mol. The molecule has 5 nitrogen and oxygen atoms in total. The van der Waals surface area contributed by atoms with Crippen LogP contribution in [0.2, 0.25) is 0 Å². The molecule has 1 aliphatic rings. The molecule has 1 aliphatic carbocycles. The molecule has 0 radical (unpaired) electrons. The van der Waals surface area contributed by atoms with E-state index >= 15 is 0 Å². The van der Waals surface area contributed by atoms with Crippen molar-refractivity contribution in [2.75, 3.05) is 5.43 Å². The molecule has 0 fully saturated rings. The second-order valence-electron chi connectivity index (χ2n) is 6.65. The van der Waals surface area contributed by atoms with Crippen LogP contribution in [-0.2, 0) is 19.4 Å². The standard InChI is InChI=1S/C21H22N4O/c1-3-25-20(26)18-9-4-5-10-19(18)22-21(25)24-23-14(2)16-12-11-15-7-6-8-17(15)13-16/h4-5,9-13H,3,6-8H2,1-2H3,(H,22,24). The first-order valence-electron chi connectivity index (χ1n) is 9.09. The van der Waals surface area contributed by atoms with E-state index in [2.05, 4.69) is 33.7 Å². The lowest BCUT2D eigenvalue weighted by Gasteiger charge is -2.11. The number of fused-ring (bicyclic) bond motifs is 2. The van der Waals surface area contributed by atoms with Gasteiger partial charge in [-0.05, 0) is 68.0 Å². The summed E-state index contributed by atoms with van der Waals surface area (Å²) < 4.78 is 1.61. The van der Waals surface area contributed by atoms with Gasteiger partial charge in [0.05, 0.1) is 16.6 Å². The third kappa shape index (κ3) is 2.90. The molecule has 0 spiro atoms. The van der Waals surface area contributed by atoms with Gasteiger partial charge in [0.15, 0.2) is 0 Å². The summed E-state index contributed by atoms with van der Waals surface area (Å²) in [5.74, 6) is 0.469. The first-order valence-corrected chi connectivity index (χ1v) is 9.09. The van der Waals surface area contributed by atoms with E-state index in [1.807, 2.05) is 32.0 Å². The summed E-state index contributed by atoms with van der Waals surface area (Å²) in [6.07, 6.45) is 3.55.